The second-order valence-corrected chi connectivity index (χ2v) is 3.64. The summed E-state index contributed by atoms with van der Waals surface area (Å²) < 4.78 is 0. The van der Waals surface area contributed by atoms with Gasteiger partial charge in [0.1, 0.15) is 11.6 Å². The van der Waals surface area contributed by atoms with Crippen LogP contribution in [0.15, 0.2) is 0 Å². The highest BCUT2D eigenvalue weighted by Crippen LogP contribution is 2.01. The number of thiol groups is 2. The molecule has 0 rings (SSSR count). The Labute approximate surface area is 89.3 Å². The van der Waals surface area contributed by atoms with Crippen molar-refractivity contribution in [3.8, 4) is 0 Å². The number of Topliss-reactive ketones (excluding diaryl/α,β-unsaturated/α-hetero) is 2. The lowest BCUT2D eigenvalue weighted by Crippen LogP contribution is -2.27. The van der Waals surface area contributed by atoms with Crippen LogP contribution >= 0.6 is 25.3 Å². The fourth-order valence-corrected chi connectivity index (χ4v) is 1.33. The first-order chi connectivity index (χ1) is 6.10. The number of carbonyl (C=O) groups excluding carboxylic acids is 2. The van der Waals surface area contributed by atoms with Crippen LogP contribution in [-0.2, 0) is 9.59 Å². The summed E-state index contributed by atoms with van der Waals surface area (Å²) in [4.78, 5) is 21.9. The van der Waals surface area contributed by atoms with Crippen LogP contribution < -0.4 is 5.73 Å². The van der Waals surface area contributed by atoms with Crippen molar-refractivity contribution in [2.75, 3.05) is 11.5 Å². The summed E-state index contributed by atoms with van der Waals surface area (Å²) in [6.45, 7) is 0. The molecule has 5 heteroatoms. The molecule has 0 aromatic carbocycles. The summed E-state index contributed by atoms with van der Waals surface area (Å²) in [5.74, 6) is 0.768. The molecule has 0 heterocycles. The molecule has 0 aliphatic rings. The summed E-state index contributed by atoms with van der Waals surface area (Å²) in [5, 5.41) is 0. The number of rotatable bonds is 7. The minimum absolute atomic E-state index is 0.0190. The fraction of sp³-hybridized carbons (Fsp3) is 0.750. The highest BCUT2D eigenvalue weighted by atomic mass is 32.1. The lowest BCUT2D eigenvalue weighted by atomic mass is 10.0. The van der Waals surface area contributed by atoms with E-state index in [9.17, 15) is 9.59 Å². The van der Waals surface area contributed by atoms with Gasteiger partial charge in [0.05, 0.1) is 0 Å². The number of carbonyl (C=O) groups is 2. The van der Waals surface area contributed by atoms with Gasteiger partial charge in [0.15, 0.2) is 0 Å². The molecule has 0 spiro atoms. The Balaban J connectivity index is 3.67. The maximum absolute atomic E-state index is 11.1. The van der Waals surface area contributed by atoms with E-state index in [-0.39, 0.29) is 36.2 Å². The molecule has 0 amide bonds. The maximum atomic E-state index is 11.1. The number of ketones is 2. The third kappa shape index (κ3) is 7.10. The van der Waals surface area contributed by atoms with E-state index in [0.717, 1.165) is 0 Å². The van der Waals surface area contributed by atoms with E-state index in [4.69, 9.17) is 5.73 Å². The van der Waals surface area contributed by atoms with Crippen LogP contribution in [-0.4, -0.2) is 29.1 Å². The molecule has 0 saturated heterocycles. The highest BCUT2D eigenvalue weighted by molar-refractivity contribution is 7.81. The van der Waals surface area contributed by atoms with E-state index in [1.54, 1.807) is 0 Å². The van der Waals surface area contributed by atoms with Gasteiger partial charge in [-0.3, -0.25) is 9.59 Å². The van der Waals surface area contributed by atoms with Crippen LogP contribution in [0.1, 0.15) is 19.3 Å². The Bertz CT molecular complexity index is 185. The molecule has 0 aliphatic carbocycles. The molecule has 0 aliphatic heterocycles. The largest absolute Gasteiger partial charge is 0.327 e. The second-order valence-electron chi connectivity index (χ2n) is 2.88. The molecule has 1 unspecified atom stereocenters. The third-order valence-corrected chi connectivity index (χ3v) is 2.12. The van der Waals surface area contributed by atoms with Crippen LogP contribution in [0.2, 0.25) is 0 Å². The average Bonchev–Trinajstić information content (AvgIpc) is 2.04. The van der Waals surface area contributed by atoms with Gasteiger partial charge < -0.3 is 5.73 Å². The predicted octanol–water partition coefficient (Wildman–Crippen LogP) is 0.482. The molecular formula is C8H15NO2S2. The van der Waals surface area contributed by atoms with E-state index >= 15 is 0 Å². The van der Waals surface area contributed by atoms with Gasteiger partial charge in [-0.25, -0.2) is 0 Å². The molecule has 13 heavy (non-hydrogen) atoms. The van der Waals surface area contributed by atoms with Crippen molar-refractivity contribution in [2.45, 2.75) is 25.3 Å². The van der Waals surface area contributed by atoms with Crippen molar-refractivity contribution in [1.29, 1.82) is 0 Å². The molecule has 0 saturated carbocycles. The summed E-state index contributed by atoms with van der Waals surface area (Å²) in [6, 6.07) is -0.355. The normalized spacial score (nSPS) is 12.5. The Kier molecular flexibility index (Phi) is 7.41. The number of nitrogens with two attached hydrogens (primary N) is 1. The average molecular weight is 221 g/mol. The van der Waals surface area contributed by atoms with Crippen LogP contribution in [0, 0.1) is 0 Å². The first kappa shape index (κ1) is 13.0. The third-order valence-electron chi connectivity index (χ3n) is 1.55. The van der Waals surface area contributed by atoms with E-state index in [1.807, 2.05) is 0 Å². The van der Waals surface area contributed by atoms with Crippen LogP contribution in [0.3, 0.4) is 0 Å². The van der Waals surface area contributed by atoms with Crippen molar-refractivity contribution in [2.24, 2.45) is 5.73 Å². The highest BCUT2D eigenvalue weighted by Gasteiger charge is 2.11. The Morgan fingerprint density at radius 1 is 1.15 bits per heavy atom. The van der Waals surface area contributed by atoms with Crippen molar-refractivity contribution in [3.63, 3.8) is 0 Å². The van der Waals surface area contributed by atoms with Gasteiger partial charge in [-0.15, -0.1) is 0 Å². The molecule has 0 aromatic heterocycles. The second kappa shape index (κ2) is 7.41. The molecule has 3 nitrogen and oxygen atoms in total. The van der Waals surface area contributed by atoms with E-state index in [0.29, 0.717) is 12.2 Å². The minimum atomic E-state index is -0.355. The monoisotopic (exact) mass is 221 g/mol. The van der Waals surface area contributed by atoms with E-state index in [2.05, 4.69) is 25.3 Å². The van der Waals surface area contributed by atoms with Gasteiger partial charge in [0.2, 0.25) is 0 Å². The summed E-state index contributed by atoms with van der Waals surface area (Å²) in [6.07, 6.45) is 0.924. The van der Waals surface area contributed by atoms with Crippen LogP contribution in [0.4, 0.5) is 0 Å². The molecule has 1 atom stereocenters. The Hall–Kier alpha value is -0.0000000000000000555. The fourth-order valence-electron chi connectivity index (χ4n) is 0.948. The SMILES string of the molecule is NC(CC(=O)CS)CC(=O)CCS. The molecular weight excluding hydrogens is 206 g/mol. The van der Waals surface area contributed by atoms with Gasteiger partial charge in [-0.1, -0.05) is 0 Å². The van der Waals surface area contributed by atoms with Crippen LogP contribution in [0.25, 0.3) is 0 Å². The van der Waals surface area contributed by atoms with Crippen molar-refractivity contribution < 1.29 is 9.59 Å². The molecule has 0 fully saturated rings. The van der Waals surface area contributed by atoms with Crippen molar-refractivity contribution >= 4 is 36.8 Å². The molecule has 0 radical (unpaired) electrons. The lowest BCUT2D eigenvalue weighted by molar-refractivity contribution is -0.119. The van der Waals surface area contributed by atoms with Gasteiger partial charge in [0.25, 0.3) is 0 Å². The molecule has 0 bridgehead atoms. The standard InChI is InChI=1S/C8H15NO2S2/c9-6(4-8(11)5-13)3-7(10)1-2-12/h6,12-13H,1-5,9H2. The van der Waals surface area contributed by atoms with Crippen LogP contribution in [0.5, 0.6) is 0 Å². The van der Waals surface area contributed by atoms with Crippen molar-refractivity contribution in [3.05, 3.63) is 0 Å². The van der Waals surface area contributed by atoms with Gasteiger partial charge in [-0.05, 0) is 5.75 Å². The van der Waals surface area contributed by atoms with E-state index in [1.165, 1.54) is 0 Å². The predicted molar refractivity (Wildman–Crippen MR) is 59.5 cm³/mol. The minimum Gasteiger partial charge on any atom is -0.327 e. The number of hydrogen-bond donors (Lipinski definition) is 3. The van der Waals surface area contributed by atoms with E-state index < -0.39 is 0 Å². The first-order valence-electron chi connectivity index (χ1n) is 4.10. The Morgan fingerprint density at radius 2 is 1.69 bits per heavy atom. The molecule has 2 N–H and O–H groups in total. The topological polar surface area (TPSA) is 60.2 Å². The Morgan fingerprint density at radius 3 is 2.15 bits per heavy atom. The summed E-state index contributed by atoms with van der Waals surface area (Å²) in [7, 11) is 0. The quantitative estimate of drug-likeness (QED) is 0.548. The number of hydrogen-bond acceptors (Lipinski definition) is 5. The zero-order chi connectivity index (χ0) is 10.3. The van der Waals surface area contributed by atoms with Gasteiger partial charge in [-0.2, -0.15) is 25.3 Å². The lowest BCUT2D eigenvalue weighted by Gasteiger charge is -2.08. The first-order valence-corrected chi connectivity index (χ1v) is 5.37. The zero-order valence-electron chi connectivity index (χ0n) is 7.40. The summed E-state index contributed by atoms with van der Waals surface area (Å²) in [5.41, 5.74) is 5.58. The molecule has 0 aromatic rings. The van der Waals surface area contributed by atoms with Gasteiger partial charge in [0, 0.05) is 31.1 Å². The zero-order valence-corrected chi connectivity index (χ0v) is 9.19. The molecule has 76 valence electrons. The van der Waals surface area contributed by atoms with Gasteiger partial charge >= 0.3 is 0 Å². The van der Waals surface area contributed by atoms with Crippen molar-refractivity contribution in [1.82, 2.24) is 0 Å². The smallest absolute Gasteiger partial charge is 0.144 e. The maximum Gasteiger partial charge on any atom is 0.144 e. The summed E-state index contributed by atoms with van der Waals surface area (Å²) >= 11 is 7.75.